The fraction of sp³-hybridized carbons (Fsp3) is 0.367. The number of rotatable bonds is 14. The van der Waals surface area contributed by atoms with Crippen LogP contribution in [0.1, 0.15) is 49.3 Å². The lowest BCUT2D eigenvalue weighted by atomic mass is 9.80. The fourth-order valence-electron chi connectivity index (χ4n) is 4.15. The van der Waals surface area contributed by atoms with Gasteiger partial charge in [0.2, 0.25) is 0 Å². The van der Waals surface area contributed by atoms with Crippen molar-refractivity contribution in [3.05, 3.63) is 95.6 Å². The van der Waals surface area contributed by atoms with Gasteiger partial charge in [0, 0.05) is 13.2 Å². The molecule has 0 spiro atoms. The highest BCUT2D eigenvalue weighted by Crippen LogP contribution is 2.41. The maximum absolute atomic E-state index is 8.82. The monoisotopic (exact) mass is 473 g/mol. The normalized spacial score (nSPS) is 12.1. The third-order valence-corrected chi connectivity index (χ3v) is 6.08. The van der Waals surface area contributed by atoms with Crippen molar-refractivity contribution in [3.63, 3.8) is 0 Å². The molecule has 1 atom stereocenters. The Kier molecular flexibility index (Phi) is 10.2. The summed E-state index contributed by atoms with van der Waals surface area (Å²) in [5.41, 5.74) is 2.36. The Hall–Kier alpha value is -3.33. The van der Waals surface area contributed by atoms with Crippen molar-refractivity contribution in [1.82, 2.24) is 0 Å². The average molecular weight is 474 g/mol. The van der Waals surface area contributed by atoms with Crippen LogP contribution < -0.4 is 9.47 Å². The van der Waals surface area contributed by atoms with Gasteiger partial charge in [-0.2, -0.15) is 5.26 Å². The largest absolute Gasteiger partial charge is 0.497 e. The molecular weight excluding hydrogens is 438 g/mol. The number of hydrogen-bond donors (Lipinski definition) is 0. The van der Waals surface area contributed by atoms with Gasteiger partial charge in [-0.15, -0.1) is 0 Å². The number of ether oxygens (including phenoxy) is 4. The van der Waals surface area contributed by atoms with Gasteiger partial charge in [-0.05, 0) is 60.7 Å². The Balaban J connectivity index is 1.84. The quantitative estimate of drug-likeness (QED) is 0.197. The third kappa shape index (κ3) is 6.85. The second-order valence-corrected chi connectivity index (χ2v) is 8.41. The molecule has 0 fully saturated rings. The van der Waals surface area contributed by atoms with Crippen molar-refractivity contribution >= 4 is 0 Å². The number of hydrogen-bond acceptors (Lipinski definition) is 5. The van der Waals surface area contributed by atoms with E-state index in [1.807, 2.05) is 42.5 Å². The molecule has 3 aromatic rings. The molecule has 0 amide bonds. The standard InChI is InChI=1S/C30H35NO4/c1-24(23-31)34-21-9-4-5-10-22-35-30(25-11-7-6-8-12-25,26-13-17-28(32-2)18-14-26)27-15-19-29(33-3)20-16-27/h6-8,11-20,24H,4-5,9-10,21-22H2,1-3H3. The minimum atomic E-state index is -0.773. The molecule has 0 aromatic heterocycles. The number of methoxy groups -OCH3 is 2. The van der Waals surface area contributed by atoms with Crippen molar-refractivity contribution < 1.29 is 18.9 Å². The van der Waals surface area contributed by atoms with Crippen LogP contribution in [-0.4, -0.2) is 33.5 Å². The van der Waals surface area contributed by atoms with Crippen LogP contribution in [0, 0.1) is 11.3 Å². The second-order valence-electron chi connectivity index (χ2n) is 8.41. The number of nitriles is 1. The van der Waals surface area contributed by atoms with Crippen LogP contribution in [0.15, 0.2) is 78.9 Å². The summed E-state index contributed by atoms with van der Waals surface area (Å²) in [6.07, 6.45) is 3.58. The lowest BCUT2D eigenvalue weighted by Gasteiger charge is -2.36. The van der Waals surface area contributed by atoms with Crippen molar-refractivity contribution in [1.29, 1.82) is 5.26 Å². The first kappa shape index (κ1) is 26.3. The SMILES string of the molecule is COc1ccc(C(OCCCCCCOC(C)C#N)(c2ccccc2)c2ccc(OC)cc2)cc1. The van der Waals surface area contributed by atoms with Crippen LogP contribution in [0.25, 0.3) is 0 Å². The first-order valence-electron chi connectivity index (χ1n) is 12.1. The Morgan fingerprint density at radius 2 is 1.17 bits per heavy atom. The molecule has 35 heavy (non-hydrogen) atoms. The van der Waals surface area contributed by atoms with E-state index in [9.17, 15) is 0 Å². The highest BCUT2D eigenvalue weighted by atomic mass is 16.5. The first-order chi connectivity index (χ1) is 17.1. The summed E-state index contributed by atoms with van der Waals surface area (Å²) in [5.74, 6) is 1.61. The summed E-state index contributed by atoms with van der Waals surface area (Å²) in [6, 6.07) is 28.6. The van der Waals surface area contributed by atoms with E-state index in [4.69, 9.17) is 24.2 Å². The molecule has 0 saturated carbocycles. The molecule has 5 heteroatoms. The zero-order valence-corrected chi connectivity index (χ0v) is 20.9. The van der Waals surface area contributed by atoms with Crippen LogP contribution in [0.3, 0.4) is 0 Å². The lowest BCUT2D eigenvalue weighted by molar-refractivity contribution is 0.0102. The van der Waals surface area contributed by atoms with Gasteiger partial charge >= 0.3 is 0 Å². The van der Waals surface area contributed by atoms with E-state index in [0.717, 1.165) is 53.9 Å². The summed E-state index contributed by atoms with van der Waals surface area (Å²) in [7, 11) is 3.34. The molecule has 0 saturated heterocycles. The van der Waals surface area contributed by atoms with Gasteiger partial charge in [0.15, 0.2) is 0 Å². The maximum Gasteiger partial charge on any atom is 0.143 e. The highest BCUT2D eigenvalue weighted by molar-refractivity contribution is 5.49. The van der Waals surface area contributed by atoms with Crippen LogP contribution in [-0.2, 0) is 15.1 Å². The number of benzene rings is 3. The smallest absolute Gasteiger partial charge is 0.143 e. The van der Waals surface area contributed by atoms with Gasteiger partial charge in [-0.1, -0.05) is 67.4 Å². The van der Waals surface area contributed by atoms with Gasteiger partial charge in [0.05, 0.1) is 20.3 Å². The minimum absolute atomic E-state index is 0.348. The van der Waals surface area contributed by atoms with E-state index in [-0.39, 0.29) is 6.10 Å². The molecule has 3 aromatic carbocycles. The summed E-state index contributed by atoms with van der Waals surface area (Å²) in [5, 5.41) is 8.82. The summed E-state index contributed by atoms with van der Waals surface area (Å²) >= 11 is 0. The zero-order valence-electron chi connectivity index (χ0n) is 20.9. The van der Waals surface area contributed by atoms with Crippen LogP contribution in [0.5, 0.6) is 11.5 Å². The number of unbranched alkanes of at least 4 members (excludes halogenated alkanes) is 3. The average Bonchev–Trinajstić information content (AvgIpc) is 2.93. The van der Waals surface area contributed by atoms with Gasteiger partial charge in [0.25, 0.3) is 0 Å². The Labute approximate surface area is 209 Å². The maximum atomic E-state index is 8.82. The third-order valence-electron chi connectivity index (χ3n) is 6.08. The predicted molar refractivity (Wildman–Crippen MR) is 138 cm³/mol. The topological polar surface area (TPSA) is 60.7 Å². The van der Waals surface area contributed by atoms with Gasteiger partial charge in [0.1, 0.15) is 23.2 Å². The van der Waals surface area contributed by atoms with Crippen molar-refractivity contribution in [2.75, 3.05) is 27.4 Å². The Morgan fingerprint density at radius 1 is 0.686 bits per heavy atom. The molecule has 0 aliphatic rings. The van der Waals surface area contributed by atoms with Crippen LogP contribution >= 0.6 is 0 Å². The molecule has 0 aliphatic carbocycles. The highest BCUT2D eigenvalue weighted by Gasteiger charge is 2.37. The molecule has 5 nitrogen and oxygen atoms in total. The predicted octanol–water partition coefficient (Wildman–Crippen LogP) is 6.50. The molecule has 1 unspecified atom stereocenters. The van der Waals surface area contributed by atoms with Gasteiger partial charge in [-0.25, -0.2) is 0 Å². The number of nitrogens with zero attached hydrogens (tertiary/aromatic N) is 1. The van der Waals surface area contributed by atoms with E-state index in [2.05, 4.69) is 42.5 Å². The second kappa shape index (κ2) is 13.5. The lowest BCUT2D eigenvalue weighted by Crippen LogP contribution is -2.33. The molecule has 0 aliphatic heterocycles. The van der Waals surface area contributed by atoms with Crippen LogP contribution in [0.4, 0.5) is 0 Å². The molecule has 0 N–H and O–H groups in total. The molecule has 184 valence electrons. The van der Waals surface area contributed by atoms with Crippen molar-refractivity contribution in [3.8, 4) is 17.6 Å². The molecule has 0 radical (unpaired) electrons. The molecule has 0 bridgehead atoms. The van der Waals surface area contributed by atoms with Crippen molar-refractivity contribution in [2.24, 2.45) is 0 Å². The minimum Gasteiger partial charge on any atom is -0.497 e. The Bertz CT molecular complexity index is 995. The van der Waals surface area contributed by atoms with E-state index in [1.54, 1.807) is 21.1 Å². The summed E-state index contributed by atoms with van der Waals surface area (Å²) in [6.45, 7) is 2.99. The molecule has 3 rings (SSSR count). The van der Waals surface area contributed by atoms with E-state index in [0.29, 0.717) is 13.2 Å². The van der Waals surface area contributed by atoms with Gasteiger partial charge in [-0.3, -0.25) is 0 Å². The zero-order chi connectivity index (χ0) is 24.9. The van der Waals surface area contributed by atoms with E-state index >= 15 is 0 Å². The van der Waals surface area contributed by atoms with Crippen LogP contribution in [0.2, 0.25) is 0 Å². The summed E-state index contributed by atoms with van der Waals surface area (Å²) < 4.78 is 23.1. The summed E-state index contributed by atoms with van der Waals surface area (Å²) in [4.78, 5) is 0. The van der Waals surface area contributed by atoms with Crippen molar-refractivity contribution in [2.45, 2.75) is 44.3 Å². The van der Waals surface area contributed by atoms with Gasteiger partial charge < -0.3 is 18.9 Å². The molecular formula is C30H35NO4. The first-order valence-corrected chi connectivity index (χ1v) is 12.1. The molecule has 0 heterocycles. The van der Waals surface area contributed by atoms with E-state index in [1.165, 1.54) is 0 Å². The fourth-order valence-corrected chi connectivity index (χ4v) is 4.15. The van der Waals surface area contributed by atoms with E-state index < -0.39 is 5.60 Å². The Morgan fingerprint density at radius 3 is 1.66 bits per heavy atom.